The summed E-state index contributed by atoms with van der Waals surface area (Å²) in [6.07, 6.45) is 6.33. The van der Waals surface area contributed by atoms with Crippen LogP contribution in [0, 0.1) is 19.3 Å². The summed E-state index contributed by atoms with van der Waals surface area (Å²) >= 11 is 0. The Balaban J connectivity index is 1.85. The average Bonchev–Trinajstić information content (AvgIpc) is 3.04. The number of aromatic nitrogens is 3. The molecular formula is C19H20N6O. The van der Waals surface area contributed by atoms with Crippen molar-refractivity contribution in [3.05, 3.63) is 65.5 Å². The van der Waals surface area contributed by atoms with Gasteiger partial charge in [0.15, 0.2) is 0 Å². The number of amides is 1. The fourth-order valence-corrected chi connectivity index (χ4v) is 2.75. The second-order valence-corrected chi connectivity index (χ2v) is 5.88. The van der Waals surface area contributed by atoms with Gasteiger partial charge in [0, 0.05) is 42.6 Å². The van der Waals surface area contributed by atoms with E-state index in [2.05, 4.69) is 20.6 Å². The summed E-state index contributed by atoms with van der Waals surface area (Å²) in [4.78, 5) is 21.4. The van der Waals surface area contributed by atoms with E-state index in [1.54, 1.807) is 37.6 Å². The van der Waals surface area contributed by atoms with Crippen molar-refractivity contribution in [2.24, 2.45) is 0 Å². The van der Waals surface area contributed by atoms with Crippen LogP contribution in [0.3, 0.4) is 0 Å². The smallest absolute Gasteiger partial charge is 0.259 e. The fourth-order valence-electron chi connectivity index (χ4n) is 2.75. The Hall–Kier alpha value is -3.48. The van der Waals surface area contributed by atoms with E-state index in [4.69, 9.17) is 5.41 Å². The standard InChI is InChI=1S/C19H20N6O/c1-12-8-13(2)25-7-6-16(18(25)23-12)19(26)24-15-4-5-17(22-11-15)14(9-20)10-21-3/h4-11,20-21H,1-3H3,(H,24,26)/b14-10+,20-9?. The average molecular weight is 348 g/mol. The Morgan fingerprint density at radius 3 is 2.73 bits per heavy atom. The Bertz CT molecular complexity index is 1000. The van der Waals surface area contributed by atoms with E-state index in [1.807, 2.05) is 30.5 Å². The largest absolute Gasteiger partial charge is 0.393 e. The number of pyridine rings is 1. The zero-order chi connectivity index (χ0) is 18.7. The molecule has 0 aliphatic heterocycles. The predicted molar refractivity (Wildman–Crippen MR) is 103 cm³/mol. The number of carbonyl (C=O) groups is 1. The Morgan fingerprint density at radius 1 is 1.27 bits per heavy atom. The highest BCUT2D eigenvalue weighted by Gasteiger charge is 2.14. The number of carbonyl (C=O) groups excluding carboxylic acids is 1. The fraction of sp³-hybridized carbons (Fsp3) is 0.158. The topological polar surface area (TPSA) is 95.2 Å². The molecule has 0 aliphatic rings. The van der Waals surface area contributed by atoms with E-state index in [1.165, 1.54) is 6.21 Å². The van der Waals surface area contributed by atoms with Gasteiger partial charge in [0.25, 0.3) is 5.91 Å². The zero-order valence-corrected chi connectivity index (χ0v) is 14.9. The van der Waals surface area contributed by atoms with Crippen molar-refractivity contribution < 1.29 is 4.79 Å². The molecule has 0 aliphatic carbocycles. The summed E-state index contributed by atoms with van der Waals surface area (Å²) in [5.41, 5.74) is 4.91. The molecule has 3 aromatic rings. The zero-order valence-electron chi connectivity index (χ0n) is 14.9. The number of anilines is 1. The van der Waals surface area contributed by atoms with Crippen molar-refractivity contribution in [3.63, 3.8) is 0 Å². The molecule has 0 bridgehead atoms. The molecule has 1 amide bonds. The molecule has 3 heterocycles. The maximum atomic E-state index is 12.6. The van der Waals surface area contributed by atoms with E-state index < -0.39 is 0 Å². The lowest BCUT2D eigenvalue weighted by molar-refractivity contribution is 0.102. The molecule has 132 valence electrons. The number of hydrogen-bond acceptors (Lipinski definition) is 5. The van der Waals surface area contributed by atoms with Gasteiger partial charge >= 0.3 is 0 Å². The highest BCUT2D eigenvalue weighted by Crippen LogP contribution is 2.17. The van der Waals surface area contributed by atoms with Gasteiger partial charge in [-0.1, -0.05) is 0 Å². The molecule has 7 heteroatoms. The first kappa shape index (κ1) is 17.3. The third-order valence-corrected chi connectivity index (χ3v) is 3.96. The van der Waals surface area contributed by atoms with Crippen LogP contribution >= 0.6 is 0 Å². The van der Waals surface area contributed by atoms with Crippen molar-refractivity contribution in [2.45, 2.75) is 13.8 Å². The summed E-state index contributed by atoms with van der Waals surface area (Å²) in [6.45, 7) is 3.88. The lowest BCUT2D eigenvalue weighted by Gasteiger charge is -2.07. The van der Waals surface area contributed by atoms with Crippen LogP contribution in [0.1, 0.15) is 27.4 Å². The van der Waals surface area contributed by atoms with Crippen LogP contribution in [0.2, 0.25) is 0 Å². The molecule has 0 saturated heterocycles. The number of allylic oxidation sites excluding steroid dienone is 1. The molecule has 3 N–H and O–H groups in total. The molecule has 3 aromatic heterocycles. The minimum Gasteiger partial charge on any atom is -0.393 e. The van der Waals surface area contributed by atoms with Crippen LogP contribution in [0.4, 0.5) is 5.69 Å². The van der Waals surface area contributed by atoms with Crippen LogP contribution < -0.4 is 10.6 Å². The molecule has 3 rings (SSSR count). The highest BCUT2D eigenvalue weighted by atomic mass is 16.1. The first-order valence-electron chi connectivity index (χ1n) is 8.14. The first-order valence-corrected chi connectivity index (χ1v) is 8.14. The Labute approximate surface area is 151 Å². The molecule has 0 saturated carbocycles. The number of aryl methyl sites for hydroxylation is 2. The quantitative estimate of drug-likeness (QED) is 0.618. The van der Waals surface area contributed by atoms with Gasteiger partial charge in [-0.15, -0.1) is 0 Å². The number of hydrogen-bond donors (Lipinski definition) is 3. The summed E-state index contributed by atoms with van der Waals surface area (Å²) < 4.78 is 1.89. The molecule has 7 nitrogen and oxygen atoms in total. The van der Waals surface area contributed by atoms with Crippen LogP contribution in [-0.4, -0.2) is 33.5 Å². The maximum absolute atomic E-state index is 12.6. The van der Waals surface area contributed by atoms with Crippen molar-refractivity contribution in [3.8, 4) is 0 Å². The minimum absolute atomic E-state index is 0.238. The third-order valence-electron chi connectivity index (χ3n) is 3.96. The number of rotatable bonds is 5. The summed E-state index contributed by atoms with van der Waals surface area (Å²) in [6, 6.07) is 7.25. The minimum atomic E-state index is -0.238. The predicted octanol–water partition coefficient (Wildman–Crippen LogP) is 2.81. The van der Waals surface area contributed by atoms with Gasteiger partial charge in [-0.05, 0) is 38.1 Å². The van der Waals surface area contributed by atoms with E-state index in [0.717, 1.165) is 11.4 Å². The van der Waals surface area contributed by atoms with Crippen molar-refractivity contribution in [1.29, 1.82) is 5.41 Å². The Kier molecular flexibility index (Phi) is 4.79. The molecule has 0 radical (unpaired) electrons. The number of nitrogens with one attached hydrogen (secondary N) is 3. The Morgan fingerprint density at radius 2 is 2.08 bits per heavy atom. The van der Waals surface area contributed by atoms with Gasteiger partial charge in [-0.3, -0.25) is 9.78 Å². The van der Waals surface area contributed by atoms with Gasteiger partial charge in [0.05, 0.1) is 23.1 Å². The monoisotopic (exact) mass is 348 g/mol. The summed E-state index contributed by atoms with van der Waals surface area (Å²) in [5, 5.41) is 13.1. The third kappa shape index (κ3) is 3.32. The van der Waals surface area contributed by atoms with Crippen LogP contribution in [0.5, 0.6) is 0 Å². The lowest BCUT2D eigenvalue weighted by atomic mass is 10.2. The van der Waals surface area contributed by atoms with Crippen LogP contribution in [0.15, 0.2) is 42.9 Å². The number of nitrogens with zero attached hydrogens (tertiary/aromatic N) is 3. The molecule has 0 atom stereocenters. The van der Waals surface area contributed by atoms with Crippen molar-refractivity contribution >= 4 is 29.0 Å². The summed E-state index contributed by atoms with van der Waals surface area (Å²) in [7, 11) is 1.76. The van der Waals surface area contributed by atoms with Crippen LogP contribution in [-0.2, 0) is 0 Å². The molecule has 0 unspecified atom stereocenters. The van der Waals surface area contributed by atoms with E-state index in [-0.39, 0.29) is 5.91 Å². The number of fused-ring (bicyclic) bond motifs is 1. The van der Waals surface area contributed by atoms with Gasteiger partial charge in [0.1, 0.15) is 5.65 Å². The molecular weight excluding hydrogens is 328 g/mol. The lowest BCUT2D eigenvalue weighted by Crippen LogP contribution is -2.13. The summed E-state index contributed by atoms with van der Waals surface area (Å²) in [5.74, 6) is -0.238. The molecule has 0 fully saturated rings. The normalized spacial score (nSPS) is 11.4. The SMILES string of the molecule is CN/C=C(\C=N)c1ccc(NC(=O)c2ccn3c(C)cc(C)nc23)cn1. The van der Waals surface area contributed by atoms with E-state index >= 15 is 0 Å². The molecule has 0 aromatic carbocycles. The second-order valence-electron chi connectivity index (χ2n) is 5.88. The van der Waals surface area contributed by atoms with Crippen molar-refractivity contribution in [2.75, 3.05) is 12.4 Å². The van der Waals surface area contributed by atoms with Gasteiger partial charge < -0.3 is 20.4 Å². The molecule has 0 spiro atoms. The van der Waals surface area contributed by atoms with E-state index in [9.17, 15) is 4.79 Å². The van der Waals surface area contributed by atoms with E-state index in [0.29, 0.717) is 28.2 Å². The van der Waals surface area contributed by atoms with Gasteiger partial charge in [-0.2, -0.15) is 0 Å². The highest BCUT2D eigenvalue weighted by molar-refractivity contribution is 6.09. The maximum Gasteiger partial charge on any atom is 0.259 e. The van der Waals surface area contributed by atoms with Crippen LogP contribution in [0.25, 0.3) is 11.2 Å². The molecule has 26 heavy (non-hydrogen) atoms. The first-order chi connectivity index (χ1) is 12.5. The van der Waals surface area contributed by atoms with Gasteiger partial charge in [0.2, 0.25) is 0 Å². The van der Waals surface area contributed by atoms with Gasteiger partial charge in [-0.25, -0.2) is 4.98 Å². The second kappa shape index (κ2) is 7.18. The van der Waals surface area contributed by atoms with Crippen molar-refractivity contribution in [1.82, 2.24) is 19.7 Å².